The number of carbonyl (C=O) groups excluding carboxylic acids is 2. The van der Waals surface area contributed by atoms with Crippen LogP contribution in [0.3, 0.4) is 0 Å². The summed E-state index contributed by atoms with van der Waals surface area (Å²) in [5.74, 6) is 2.85. The lowest BCUT2D eigenvalue weighted by Crippen LogP contribution is -2.23. The van der Waals surface area contributed by atoms with E-state index in [1.807, 2.05) is 84.9 Å². The van der Waals surface area contributed by atoms with Crippen LogP contribution in [-0.2, 0) is 22.3 Å². The van der Waals surface area contributed by atoms with Gasteiger partial charge < -0.3 is 9.47 Å². The maximum Gasteiger partial charge on any atom is 0.338 e. The van der Waals surface area contributed by atoms with Gasteiger partial charge in [-0.3, -0.25) is 0 Å². The Labute approximate surface area is 350 Å². The van der Waals surface area contributed by atoms with E-state index >= 15 is 0 Å². The standard InChI is InChI=1S/C54H70O4/c1-3-15-41-25-29-43(30-26-41)17-11-13-19-45-33-37-49(38-34-45)53(55)57-51(47-21-7-5-8-22-47)52(48-23-9-6-10-24-48)58-54(56)50-39-35-46(36-40-50)20-14-12-18-44-31-27-42(16-4-2)28-32-44/h5-10,21-24,33-44,51-52H,3-4,11-20,25-32H2,1-2H3. The van der Waals surface area contributed by atoms with Gasteiger partial charge in [0, 0.05) is 0 Å². The van der Waals surface area contributed by atoms with Crippen LogP contribution >= 0.6 is 0 Å². The number of benzene rings is 4. The highest BCUT2D eigenvalue weighted by Crippen LogP contribution is 2.38. The van der Waals surface area contributed by atoms with Crippen molar-refractivity contribution in [2.75, 3.05) is 0 Å². The molecule has 0 N–H and O–H groups in total. The molecule has 0 spiro atoms. The molecule has 4 aromatic carbocycles. The summed E-state index contributed by atoms with van der Waals surface area (Å²) in [5, 5.41) is 0. The molecule has 2 aliphatic carbocycles. The molecule has 0 heterocycles. The lowest BCUT2D eigenvalue weighted by atomic mass is 9.78. The molecule has 4 nitrogen and oxygen atoms in total. The summed E-state index contributed by atoms with van der Waals surface area (Å²) in [6.45, 7) is 4.62. The lowest BCUT2D eigenvalue weighted by Gasteiger charge is -2.28. The zero-order valence-corrected chi connectivity index (χ0v) is 35.6. The fraction of sp³-hybridized carbons (Fsp3) is 0.519. The second-order valence-corrected chi connectivity index (χ2v) is 17.7. The van der Waals surface area contributed by atoms with E-state index in [9.17, 15) is 9.59 Å². The Bertz CT molecular complexity index is 1620. The van der Waals surface area contributed by atoms with Crippen LogP contribution in [-0.4, -0.2) is 11.9 Å². The van der Waals surface area contributed by atoms with Gasteiger partial charge >= 0.3 is 11.9 Å². The normalized spacial score (nSPS) is 20.5. The predicted molar refractivity (Wildman–Crippen MR) is 238 cm³/mol. The monoisotopic (exact) mass is 783 g/mol. The van der Waals surface area contributed by atoms with Crippen LogP contribution in [0.25, 0.3) is 0 Å². The maximum absolute atomic E-state index is 13.8. The summed E-state index contributed by atoms with van der Waals surface area (Å²) in [4.78, 5) is 27.7. The minimum atomic E-state index is -0.849. The molecule has 2 fully saturated rings. The van der Waals surface area contributed by atoms with Crippen molar-refractivity contribution in [1.29, 1.82) is 0 Å². The van der Waals surface area contributed by atoms with Crippen molar-refractivity contribution in [3.05, 3.63) is 143 Å². The first-order chi connectivity index (χ1) is 28.5. The van der Waals surface area contributed by atoms with Crippen molar-refractivity contribution < 1.29 is 19.1 Å². The lowest BCUT2D eigenvalue weighted by molar-refractivity contribution is -0.0388. The Morgan fingerprint density at radius 1 is 0.448 bits per heavy atom. The number of hydrogen-bond donors (Lipinski definition) is 0. The highest BCUT2D eigenvalue weighted by molar-refractivity contribution is 5.90. The van der Waals surface area contributed by atoms with Gasteiger partial charge in [-0.25, -0.2) is 9.59 Å². The number of rotatable bonds is 21. The highest BCUT2D eigenvalue weighted by Gasteiger charge is 2.33. The third-order valence-electron chi connectivity index (χ3n) is 13.4. The third-order valence-corrected chi connectivity index (χ3v) is 13.4. The molecular formula is C54H70O4. The molecule has 0 aliphatic heterocycles. The fourth-order valence-corrected chi connectivity index (χ4v) is 9.83. The van der Waals surface area contributed by atoms with Crippen LogP contribution in [0, 0.1) is 23.7 Å². The van der Waals surface area contributed by atoms with E-state index in [0.29, 0.717) is 11.1 Å². The van der Waals surface area contributed by atoms with Gasteiger partial charge in [-0.05, 0) is 95.9 Å². The summed E-state index contributed by atoms with van der Waals surface area (Å²) in [7, 11) is 0. The van der Waals surface area contributed by atoms with Crippen LogP contribution in [0.1, 0.15) is 185 Å². The molecule has 4 heteroatoms. The Balaban J connectivity index is 1.04. The van der Waals surface area contributed by atoms with Gasteiger partial charge in [0.05, 0.1) is 11.1 Å². The van der Waals surface area contributed by atoms with Crippen molar-refractivity contribution in [1.82, 2.24) is 0 Å². The molecule has 2 saturated carbocycles. The molecule has 2 atom stereocenters. The van der Waals surface area contributed by atoms with E-state index < -0.39 is 24.1 Å². The smallest absolute Gasteiger partial charge is 0.338 e. The molecule has 0 bridgehead atoms. The van der Waals surface area contributed by atoms with Gasteiger partial charge in [-0.1, -0.05) is 202 Å². The topological polar surface area (TPSA) is 52.6 Å². The quantitative estimate of drug-likeness (QED) is 0.0624. The summed E-state index contributed by atoms with van der Waals surface area (Å²) in [6.07, 6.45) is 24.6. The van der Waals surface area contributed by atoms with Crippen molar-refractivity contribution in [3.8, 4) is 0 Å². The van der Waals surface area contributed by atoms with Crippen molar-refractivity contribution in [2.45, 2.75) is 154 Å². The van der Waals surface area contributed by atoms with Crippen LogP contribution in [0.2, 0.25) is 0 Å². The Morgan fingerprint density at radius 2 is 0.776 bits per heavy atom. The Kier molecular flexibility index (Phi) is 17.5. The number of esters is 2. The van der Waals surface area contributed by atoms with Gasteiger partial charge in [0.1, 0.15) is 0 Å². The zero-order valence-electron chi connectivity index (χ0n) is 35.6. The van der Waals surface area contributed by atoms with Gasteiger partial charge in [0.2, 0.25) is 0 Å². The number of hydrogen-bond acceptors (Lipinski definition) is 4. The van der Waals surface area contributed by atoms with Gasteiger partial charge in [0.15, 0.2) is 12.2 Å². The van der Waals surface area contributed by atoms with Crippen molar-refractivity contribution in [3.63, 3.8) is 0 Å². The van der Waals surface area contributed by atoms with E-state index in [0.717, 1.165) is 47.6 Å². The average Bonchev–Trinajstić information content (AvgIpc) is 3.27. The molecule has 0 aromatic heterocycles. The van der Waals surface area contributed by atoms with Gasteiger partial charge in [-0.15, -0.1) is 0 Å². The van der Waals surface area contributed by atoms with Gasteiger partial charge in [-0.2, -0.15) is 0 Å². The van der Waals surface area contributed by atoms with E-state index in [1.54, 1.807) is 0 Å². The highest BCUT2D eigenvalue weighted by atomic mass is 16.6. The first kappa shape index (κ1) is 43.4. The molecule has 0 saturated heterocycles. The summed E-state index contributed by atoms with van der Waals surface area (Å²) in [6, 6.07) is 35.0. The molecule has 6 rings (SSSR count). The first-order valence-electron chi connectivity index (χ1n) is 23.2. The zero-order chi connectivity index (χ0) is 40.4. The predicted octanol–water partition coefficient (Wildman–Crippen LogP) is 14.8. The molecule has 0 radical (unpaired) electrons. The van der Waals surface area contributed by atoms with Crippen molar-refractivity contribution in [2.24, 2.45) is 23.7 Å². The van der Waals surface area contributed by atoms with Crippen LogP contribution in [0.15, 0.2) is 109 Å². The van der Waals surface area contributed by atoms with E-state index in [1.165, 1.54) is 127 Å². The summed E-state index contributed by atoms with van der Waals surface area (Å²) in [5.41, 5.74) is 4.98. The largest absolute Gasteiger partial charge is 0.450 e. The number of ether oxygens (including phenoxy) is 2. The molecule has 58 heavy (non-hydrogen) atoms. The molecular weight excluding hydrogens is 713 g/mol. The number of unbranched alkanes of at least 4 members (excludes halogenated alkanes) is 2. The maximum atomic E-state index is 13.8. The molecule has 2 unspecified atom stereocenters. The molecule has 0 amide bonds. The average molecular weight is 783 g/mol. The van der Waals surface area contributed by atoms with E-state index in [4.69, 9.17) is 9.47 Å². The van der Waals surface area contributed by atoms with E-state index in [2.05, 4.69) is 38.1 Å². The van der Waals surface area contributed by atoms with Gasteiger partial charge in [0.25, 0.3) is 0 Å². The van der Waals surface area contributed by atoms with Crippen LogP contribution in [0.4, 0.5) is 0 Å². The first-order valence-corrected chi connectivity index (χ1v) is 23.2. The second kappa shape index (κ2) is 23.4. The Morgan fingerprint density at radius 3 is 1.10 bits per heavy atom. The fourth-order valence-electron chi connectivity index (χ4n) is 9.83. The molecule has 2 aliphatic rings. The van der Waals surface area contributed by atoms with E-state index in [-0.39, 0.29) is 0 Å². The van der Waals surface area contributed by atoms with Crippen molar-refractivity contribution >= 4 is 11.9 Å². The minimum absolute atomic E-state index is 0.440. The summed E-state index contributed by atoms with van der Waals surface area (Å²) >= 11 is 0. The minimum Gasteiger partial charge on any atom is -0.450 e. The van der Waals surface area contributed by atoms with Crippen LogP contribution < -0.4 is 0 Å². The van der Waals surface area contributed by atoms with Crippen LogP contribution in [0.5, 0.6) is 0 Å². The third kappa shape index (κ3) is 13.4. The Hall–Kier alpha value is -4.18. The number of carbonyl (C=O) groups is 2. The molecule has 4 aromatic rings. The SMILES string of the molecule is CCCC1CCC(CCCCc2ccc(C(=O)OC(c3ccccc3)C(OC(=O)c3ccc(CCCCC4CCC(CCC)CC4)cc3)c3ccccc3)cc2)CC1. The molecule has 310 valence electrons. The number of aryl methyl sites for hydroxylation is 2. The second-order valence-electron chi connectivity index (χ2n) is 17.7. The summed E-state index contributed by atoms with van der Waals surface area (Å²) < 4.78 is 12.6.